The van der Waals surface area contributed by atoms with Gasteiger partial charge in [-0.05, 0) is 43.3 Å². The Balaban J connectivity index is 2.10. The Kier molecular flexibility index (Phi) is 6.99. The Morgan fingerprint density at radius 1 is 1.19 bits per heavy atom. The van der Waals surface area contributed by atoms with Crippen molar-refractivity contribution >= 4 is 41.3 Å². The highest BCUT2D eigenvalue weighted by Gasteiger charge is 2.22. The molecule has 0 saturated carbocycles. The van der Waals surface area contributed by atoms with Gasteiger partial charge in [0, 0.05) is 23.2 Å². The van der Waals surface area contributed by atoms with E-state index in [0.29, 0.717) is 10.0 Å². The van der Waals surface area contributed by atoms with Crippen LogP contribution in [-0.4, -0.2) is 36.0 Å². The summed E-state index contributed by atoms with van der Waals surface area (Å²) in [5, 5.41) is 5.32. The van der Waals surface area contributed by atoms with Crippen molar-refractivity contribution in [2.75, 3.05) is 7.05 Å². The molecule has 3 amide bonds. The summed E-state index contributed by atoms with van der Waals surface area (Å²) in [6.45, 7) is 1.37. The molecule has 0 spiro atoms. The van der Waals surface area contributed by atoms with Crippen LogP contribution in [0.1, 0.15) is 17.3 Å². The molecule has 1 atom stereocenters. The Morgan fingerprint density at radius 3 is 2.54 bits per heavy atom. The lowest BCUT2D eigenvalue weighted by molar-refractivity contribution is -0.127. The Morgan fingerprint density at radius 2 is 1.88 bits per heavy atom. The van der Waals surface area contributed by atoms with E-state index in [1.807, 2.05) is 5.32 Å². The number of rotatable bonds is 5. The predicted octanol–water partition coefficient (Wildman–Crippen LogP) is 2.89. The highest BCUT2D eigenvalue weighted by molar-refractivity contribution is 7.99. The van der Waals surface area contributed by atoms with E-state index < -0.39 is 24.0 Å². The first-order chi connectivity index (χ1) is 12.4. The minimum absolute atomic E-state index is 0.215. The fraction of sp³-hybridized carbons (Fsp3) is 0.176. The molecule has 0 aliphatic heterocycles. The first kappa shape index (κ1) is 19.7. The van der Waals surface area contributed by atoms with Gasteiger partial charge in [0.15, 0.2) is 6.10 Å². The number of imide groups is 1. The number of aromatic nitrogens is 1. The number of esters is 1. The van der Waals surface area contributed by atoms with Gasteiger partial charge in [0.05, 0.1) is 5.56 Å². The molecule has 1 aromatic heterocycles. The second-order valence-electron chi connectivity index (χ2n) is 5.03. The van der Waals surface area contributed by atoms with Crippen LogP contribution in [0.25, 0.3) is 0 Å². The van der Waals surface area contributed by atoms with Gasteiger partial charge in [0.1, 0.15) is 5.03 Å². The van der Waals surface area contributed by atoms with Crippen molar-refractivity contribution in [2.45, 2.75) is 22.9 Å². The molecular formula is C17H16ClN3O4S. The quantitative estimate of drug-likeness (QED) is 0.758. The van der Waals surface area contributed by atoms with E-state index in [0.717, 1.165) is 4.90 Å². The van der Waals surface area contributed by atoms with E-state index in [2.05, 4.69) is 10.3 Å². The van der Waals surface area contributed by atoms with Crippen LogP contribution in [-0.2, 0) is 9.53 Å². The molecule has 0 radical (unpaired) electrons. The summed E-state index contributed by atoms with van der Waals surface area (Å²) in [5.41, 5.74) is 0.215. The van der Waals surface area contributed by atoms with Crippen LogP contribution < -0.4 is 10.6 Å². The summed E-state index contributed by atoms with van der Waals surface area (Å²) >= 11 is 7.13. The number of ether oxygens (including phenoxy) is 1. The normalized spacial score (nSPS) is 11.3. The van der Waals surface area contributed by atoms with Crippen LogP contribution in [0.5, 0.6) is 0 Å². The maximum atomic E-state index is 12.4. The summed E-state index contributed by atoms with van der Waals surface area (Å²) < 4.78 is 5.14. The van der Waals surface area contributed by atoms with Gasteiger partial charge in [0.25, 0.3) is 5.91 Å². The molecule has 0 saturated heterocycles. The monoisotopic (exact) mass is 393 g/mol. The topological polar surface area (TPSA) is 97.4 Å². The standard InChI is InChI=1S/C17H16ClN3O4S/c1-10(14(22)21-17(24)19-2)25-16(23)13-4-3-9-20-15(13)26-12-7-5-11(18)6-8-12/h3-10H,1-2H3,(H2,19,21,22,24)/t10-/m1/s1. The Labute approximate surface area is 159 Å². The molecule has 2 aromatic rings. The number of hydrogen-bond acceptors (Lipinski definition) is 6. The zero-order valence-electron chi connectivity index (χ0n) is 14.0. The van der Waals surface area contributed by atoms with Gasteiger partial charge >= 0.3 is 12.0 Å². The fourth-order valence-electron chi connectivity index (χ4n) is 1.80. The van der Waals surface area contributed by atoms with Crippen LogP contribution in [0.4, 0.5) is 4.79 Å². The van der Waals surface area contributed by atoms with Crippen LogP contribution in [0.15, 0.2) is 52.5 Å². The van der Waals surface area contributed by atoms with Crippen LogP contribution in [0.2, 0.25) is 5.02 Å². The molecule has 1 heterocycles. The average Bonchev–Trinajstić information content (AvgIpc) is 2.63. The highest BCUT2D eigenvalue weighted by atomic mass is 35.5. The maximum Gasteiger partial charge on any atom is 0.341 e. The maximum absolute atomic E-state index is 12.4. The number of urea groups is 1. The number of pyridine rings is 1. The molecule has 0 fully saturated rings. The molecule has 0 unspecified atom stereocenters. The first-order valence-electron chi connectivity index (χ1n) is 7.52. The van der Waals surface area contributed by atoms with Gasteiger partial charge < -0.3 is 10.1 Å². The molecule has 2 rings (SSSR count). The van der Waals surface area contributed by atoms with E-state index in [1.54, 1.807) is 42.6 Å². The fourth-order valence-corrected chi connectivity index (χ4v) is 2.79. The summed E-state index contributed by atoms with van der Waals surface area (Å²) in [7, 11) is 1.37. The second kappa shape index (κ2) is 9.21. The molecule has 9 heteroatoms. The minimum Gasteiger partial charge on any atom is -0.449 e. The van der Waals surface area contributed by atoms with E-state index >= 15 is 0 Å². The van der Waals surface area contributed by atoms with Crippen molar-refractivity contribution in [3.8, 4) is 0 Å². The van der Waals surface area contributed by atoms with Crippen LogP contribution in [0, 0.1) is 0 Å². The second-order valence-corrected chi connectivity index (χ2v) is 6.53. The average molecular weight is 394 g/mol. The Bertz CT molecular complexity index is 814. The number of carbonyl (C=O) groups excluding carboxylic acids is 3. The van der Waals surface area contributed by atoms with E-state index in [4.69, 9.17) is 16.3 Å². The van der Waals surface area contributed by atoms with Crippen molar-refractivity contribution in [1.29, 1.82) is 0 Å². The lowest BCUT2D eigenvalue weighted by Gasteiger charge is -2.14. The number of benzene rings is 1. The van der Waals surface area contributed by atoms with Crippen LogP contribution >= 0.6 is 23.4 Å². The lowest BCUT2D eigenvalue weighted by atomic mass is 10.3. The third kappa shape index (κ3) is 5.47. The zero-order chi connectivity index (χ0) is 19.1. The summed E-state index contributed by atoms with van der Waals surface area (Å²) in [6, 6.07) is 9.53. The van der Waals surface area contributed by atoms with Gasteiger partial charge in [-0.3, -0.25) is 10.1 Å². The minimum atomic E-state index is -1.15. The summed E-state index contributed by atoms with van der Waals surface area (Å²) in [4.78, 5) is 40.4. The van der Waals surface area contributed by atoms with Gasteiger partial charge in [0.2, 0.25) is 0 Å². The SMILES string of the molecule is CNC(=O)NC(=O)[C@@H](C)OC(=O)c1cccnc1Sc1ccc(Cl)cc1. The molecule has 2 N–H and O–H groups in total. The summed E-state index contributed by atoms with van der Waals surface area (Å²) in [5.74, 6) is -1.44. The largest absolute Gasteiger partial charge is 0.449 e. The van der Waals surface area contributed by atoms with Crippen molar-refractivity contribution in [1.82, 2.24) is 15.6 Å². The van der Waals surface area contributed by atoms with Gasteiger partial charge in [-0.15, -0.1) is 0 Å². The molecular weight excluding hydrogens is 378 g/mol. The molecule has 1 aromatic carbocycles. The van der Waals surface area contributed by atoms with Gasteiger partial charge in [-0.1, -0.05) is 23.4 Å². The van der Waals surface area contributed by atoms with E-state index in [1.165, 1.54) is 25.7 Å². The third-order valence-corrected chi connectivity index (χ3v) is 4.41. The smallest absolute Gasteiger partial charge is 0.341 e. The van der Waals surface area contributed by atoms with Crippen molar-refractivity contribution in [3.63, 3.8) is 0 Å². The number of carbonyl (C=O) groups is 3. The first-order valence-corrected chi connectivity index (χ1v) is 8.72. The lowest BCUT2D eigenvalue weighted by Crippen LogP contribution is -2.43. The number of nitrogens with one attached hydrogen (secondary N) is 2. The van der Waals surface area contributed by atoms with Crippen molar-refractivity contribution in [2.24, 2.45) is 0 Å². The van der Waals surface area contributed by atoms with Crippen molar-refractivity contribution < 1.29 is 19.1 Å². The molecule has 7 nitrogen and oxygen atoms in total. The molecule has 0 bridgehead atoms. The molecule has 136 valence electrons. The third-order valence-electron chi connectivity index (χ3n) is 3.14. The molecule has 0 aliphatic carbocycles. The number of nitrogens with zero attached hydrogens (tertiary/aromatic N) is 1. The predicted molar refractivity (Wildman–Crippen MR) is 97.3 cm³/mol. The van der Waals surface area contributed by atoms with E-state index in [-0.39, 0.29) is 5.56 Å². The number of halogens is 1. The van der Waals surface area contributed by atoms with E-state index in [9.17, 15) is 14.4 Å². The zero-order valence-corrected chi connectivity index (χ0v) is 15.6. The number of amides is 3. The number of hydrogen-bond donors (Lipinski definition) is 2. The molecule has 0 aliphatic rings. The van der Waals surface area contributed by atoms with Gasteiger partial charge in [-0.2, -0.15) is 0 Å². The highest BCUT2D eigenvalue weighted by Crippen LogP contribution is 2.29. The van der Waals surface area contributed by atoms with Crippen molar-refractivity contribution in [3.05, 3.63) is 53.2 Å². The molecule has 26 heavy (non-hydrogen) atoms. The van der Waals surface area contributed by atoms with Crippen LogP contribution in [0.3, 0.4) is 0 Å². The Hall–Kier alpha value is -2.58. The van der Waals surface area contributed by atoms with Gasteiger partial charge in [-0.25, -0.2) is 14.6 Å². The summed E-state index contributed by atoms with van der Waals surface area (Å²) in [6.07, 6.45) is 0.407.